The lowest BCUT2D eigenvalue weighted by atomic mass is 9.97. The fourth-order valence-electron chi connectivity index (χ4n) is 2.94. The van der Waals surface area contributed by atoms with E-state index < -0.39 is 0 Å². The van der Waals surface area contributed by atoms with Crippen LogP contribution in [-0.4, -0.2) is 50.6 Å². The van der Waals surface area contributed by atoms with Gasteiger partial charge in [0.25, 0.3) is 0 Å². The van der Waals surface area contributed by atoms with Gasteiger partial charge < -0.3 is 15.0 Å². The van der Waals surface area contributed by atoms with E-state index in [9.17, 15) is 4.79 Å². The molecule has 0 bridgehead atoms. The van der Waals surface area contributed by atoms with Crippen molar-refractivity contribution in [1.29, 1.82) is 0 Å². The number of halogens is 1. The average molecular weight is 465 g/mol. The lowest BCUT2D eigenvalue weighted by molar-refractivity contribution is -0.146. The number of nitrogens with zero attached hydrogens (tertiary/aromatic N) is 2. The zero-order valence-electron chi connectivity index (χ0n) is 14.7. The number of hydrogen-bond acceptors (Lipinski definition) is 4. The van der Waals surface area contributed by atoms with Crippen LogP contribution in [0.3, 0.4) is 0 Å². The van der Waals surface area contributed by atoms with Crippen LogP contribution >= 0.6 is 35.3 Å². The van der Waals surface area contributed by atoms with Crippen LogP contribution in [-0.2, 0) is 16.0 Å². The van der Waals surface area contributed by atoms with Crippen LogP contribution in [0.1, 0.15) is 24.6 Å². The van der Waals surface area contributed by atoms with Crippen molar-refractivity contribution in [3.05, 3.63) is 22.4 Å². The minimum atomic E-state index is -0.0860. The van der Waals surface area contributed by atoms with Crippen molar-refractivity contribution in [3.8, 4) is 0 Å². The SMILES string of the molecule is CN=C(NCC(C)Cc1cccs1)N1CCC(C(=O)OC)CC1.I. The summed E-state index contributed by atoms with van der Waals surface area (Å²) in [6.07, 6.45) is 2.75. The van der Waals surface area contributed by atoms with Crippen molar-refractivity contribution in [1.82, 2.24) is 10.2 Å². The molecule has 1 aliphatic rings. The largest absolute Gasteiger partial charge is 0.469 e. The third-order valence-electron chi connectivity index (χ3n) is 4.28. The zero-order chi connectivity index (χ0) is 16.7. The van der Waals surface area contributed by atoms with E-state index >= 15 is 0 Å². The second kappa shape index (κ2) is 10.9. The van der Waals surface area contributed by atoms with Gasteiger partial charge in [-0.05, 0) is 36.6 Å². The Bertz CT molecular complexity index is 514. The summed E-state index contributed by atoms with van der Waals surface area (Å²) in [5, 5.41) is 5.60. The van der Waals surface area contributed by atoms with Crippen LogP contribution < -0.4 is 5.32 Å². The predicted octanol–water partition coefficient (Wildman–Crippen LogP) is 3.01. The third kappa shape index (κ3) is 6.23. The fourth-order valence-corrected chi connectivity index (χ4v) is 3.81. The van der Waals surface area contributed by atoms with Crippen molar-refractivity contribution < 1.29 is 9.53 Å². The van der Waals surface area contributed by atoms with Crippen LogP contribution in [0.25, 0.3) is 0 Å². The highest BCUT2D eigenvalue weighted by atomic mass is 127. The normalized spacial score (nSPS) is 17.1. The molecule has 1 saturated heterocycles. The second-order valence-electron chi connectivity index (χ2n) is 6.10. The predicted molar refractivity (Wildman–Crippen MR) is 110 cm³/mol. The summed E-state index contributed by atoms with van der Waals surface area (Å²) in [4.78, 5) is 19.6. The lowest BCUT2D eigenvalue weighted by Gasteiger charge is -2.33. The molecular formula is C17H28IN3O2S. The minimum absolute atomic E-state index is 0. The van der Waals surface area contributed by atoms with E-state index in [0.29, 0.717) is 5.92 Å². The van der Waals surface area contributed by atoms with Crippen molar-refractivity contribution in [2.45, 2.75) is 26.2 Å². The number of carbonyl (C=O) groups excluding carboxylic acids is 1. The Kier molecular flexibility index (Phi) is 9.65. The monoisotopic (exact) mass is 465 g/mol. The molecule has 1 aliphatic heterocycles. The summed E-state index contributed by atoms with van der Waals surface area (Å²) < 4.78 is 4.84. The molecule has 0 aliphatic carbocycles. The van der Waals surface area contributed by atoms with Gasteiger partial charge in [0.05, 0.1) is 13.0 Å². The van der Waals surface area contributed by atoms with Crippen LogP contribution in [0.2, 0.25) is 0 Å². The van der Waals surface area contributed by atoms with E-state index in [1.165, 1.54) is 12.0 Å². The maximum absolute atomic E-state index is 11.6. The van der Waals surface area contributed by atoms with Gasteiger partial charge in [0.1, 0.15) is 0 Å². The Hall–Kier alpha value is -0.830. The van der Waals surface area contributed by atoms with Gasteiger partial charge in [-0.3, -0.25) is 9.79 Å². The highest BCUT2D eigenvalue weighted by molar-refractivity contribution is 14.0. The van der Waals surface area contributed by atoms with Crippen molar-refractivity contribution in [3.63, 3.8) is 0 Å². The number of thiophene rings is 1. The fraction of sp³-hybridized carbons (Fsp3) is 0.647. The van der Waals surface area contributed by atoms with Crippen LogP contribution in [0, 0.1) is 11.8 Å². The standard InChI is InChI=1S/C17H27N3O2S.HI/c1-13(11-15-5-4-10-23-15)12-19-17(18-2)20-8-6-14(7-9-20)16(21)22-3;/h4-5,10,13-14H,6-9,11-12H2,1-3H3,(H,18,19);1H. The Morgan fingerprint density at radius 2 is 2.21 bits per heavy atom. The molecule has 1 atom stereocenters. The molecule has 0 radical (unpaired) electrons. The second-order valence-corrected chi connectivity index (χ2v) is 7.13. The van der Waals surface area contributed by atoms with E-state index in [1.807, 2.05) is 18.4 Å². The van der Waals surface area contributed by atoms with Crippen molar-refractivity contribution >= 4 is 47.2 Å². The van der Waals surface area contributed by atoms with Gasteiger partial charge >= 0.3 is 5.97 Å². The molecule has 1 fully saturated rings. The number of ether oxygens (including phenoxy) is 1. The molecule has 1 N–H and O–H groups in total. The van der Waals surface area contributed by atoms with Gasteiger partial charge in [-0.1, -0.05) is 13.0 Å². The molecule has 24 heavy (non-hydrogen) atoms. The van der Waals surface area contributed by atoms with Gasteiger partial charge in [-0.2, -0.15) is 0 Å². The van der Waals surface area contributed by atoms with E-state index in [4.69, 9.17) is 4.74 Å². The van der Waals surface area contributed by atoms with Crippen molar-refractivity contribution in [2.24, 2.45) is 16.8 Å². The molecule has 0 amide bonds. The molecule has 1 unspecified atom stereocenters. The van der Waals surface area contributed by atoms with Crippen LogP contribution in [0.4, 0.5) is 0 Å². The van der Waals surface area contributed by atoms with Gasteiger partial charge in [0.15, 0.2) is 5.96 Å². The zero-order valence-corrected chi connectivity index (χ0v) is 17.8. The first-order valence-corrected chi connectivity index (χ1v) is 9.07. The molecule has 0 spiro atoms. The van der Waals surface area contributed by atoms with Crippen LogP contribution in [0.15, 0.2) is 22.5 Å². The summed E-state index contributed by atoms with van der Waals surface area (Å²) in [7, 11) is 3.28. The lowest BCUT2D eigenvalue weighted by Crippen LogP contribution is -2.47. The summed E-state index contributed by atoms with van der Waals surface area (Å²) in [5.41, 5.74) is 0. The maximum Gasteiger partial charge on any atom is 0.308 e. The quantitative estimate of drug-likeness (QED) is 0.315. The number of nitrogens with one attached hydrogen (secondary N) is 1. The first kappa shape index (κ1) is 21.2. The summed E-state index contributed by atoms with van der Waals surface area (Å²) in [6.45, 7) is 4.85. The topological polar surface area (TPSA) is 53.9 Å². The molecule has 2 rings (SSSR count). The molecular weight excluding hydrogens is 437 g/mol. The van der Waals surface area contributed by atoms with Gasteiger partial charge in [-0.25, -0.2) is 0 Å². The Morgan fingerprint density at radius 3 is 2.75 bits per heavy atom. The highest BCUT2D eigenvalue weighted by Gasteiger charge is 2.27. The molecule has 2 heterocycles. The molecule has 0 saturated carbocycles. The first-order chi connectivity index (χ1) is 11.1. The number of aliphatic imine (C=N–C) groups is 1. The Morgan fingerprint density at radius 1 is 1.50 bits per heavy atom. The Labute approximate surface area is 165 Å². The molecule has 1 aromatic rings. The summed E-state index contributed by atoms with van der Waals surface area (Å²) >= 11 is 1.81. The number of likely N-dealkylation sites (tertiary alicyclic amines) is 1. The smallest absolute Gasteiger partial charge is 0.308 e. The molecule has 5 nitrogen and oxygen atoms in total. The minimum Gasteiger partial charge on any atom is -0.469 e. The average Bonchev–Trinajstić information content (AvgIpc) is 3.08. The summed E-state index contributed by atoms with van der Waals surface area (Å²) in [5.74, 6) is 1.44. The number of hydrogen-bond donors (Lipinski definition) is 1. The number of rotatable bonds is 5. The van der Waals surface area contributed by atoms with E-state index in [1.54, 1.807) is 0 Å². The van der Waals surface area contributed by atoms with Crippen LogP contribution in [0.5, 0.6) is 0 Å². The highest BCUT2D eigenvalue weighted by Crippen LogP contribution is 2.18. The van der Waals surface area contributed by atoms with Crippen molar-refractivity contribution in [2.75, 3.05) is 33.8 Å². The third-order valence-corrected chi connectivity index (χ3v) is 5.18. The molecule has 1 aromatic heterocycles. The number of carbonyl (C=O) groups is 1. The van der Waals surface area contributed by atoms with Gasteiger partial charge in [-0.15, -0.1) is 35.3 Å². The number of esters is 1. The van der Waals surface area contributed by atoms with Gasteiger partial charge in [0.2, 0.25) is 0 Å². The summed E-state index contributed by atoms with van der Waals surface area (Å²) in [6, 6.07) is 4.29. The van der Waals surface area contributed by atoms with E-state index in [2.05, 4.69) is 39.6 Å². The van der Waals surface area contributed by atoms with Gasteiger partial charge in [0, 0.05) is 31.6 Å². The first-order valence-electron chi connectivity index (χ1n) is 8.19. The molecule has 7 heteroatoms. The Balaban J connectivity index is 0.00000288. The molecule has 136 valence electrons. The van der Waals surface area contributed by atoms with E-state index in [-0.39, 0.29) is 35.9 Å². The molecule has 0 aromatic carbocycles. The maximum atomic E-state index is 11.6. The number of piperidine rings is 1. The number of methoxy groups -OCH3 is 1. The number of guanidine groups is 1. The van der Waals surface area contributed by atoms with E-state index in [0.717, 1.165) is 44.9 Å².